The average Bonchev–Trinajstić information content (AvgIpc) is 2.57. The van der Waals surface area contributed by atoms with Gasteiger partial charge in [-0.2, -0.15) is 0 Å². The van der Waals surface area contributed by atoms with Crippen LogP contribution in [0.2, 0.25) is 0 Å². The van der Waals surface area contributed by atoms with E-state index >= 15 is 0 Å². The minimum absolute atomic E-state index is 0.299. The van der Waals surface area contributed by atoms with E-state index in [9.17, 15) is 5.11 Å². The number of rotatable bonds is 10. The van der Waals surface area contributed by atoms with Crippen molar-refractivity contribution in [2.45, 2.75) is 112 Å². The molecule has 28 heavy (non-hydrogen) atoms. The maximum absolute atomic E-state index is 9.80. The van der Waals surface area contributed by atoms with Gasteiger partial charge in [0.1, 0.15) is 11.5 Å². The van der Waals surface area contributed by atoms with Crippen LogP contribution in [0.1, 0.15) is 104 Å². The van der Waals surface area contributed by atoms with Crippen LogP contribution < -0.4 is 4.74 Å². The molecular formula is C26H44O2. The van der Waals surface area contributed by atoms with Gasteiger partial charge in [0, 0.05) is 0 Å². The van der Waals surface area contributed by atoms with Crippen molar-refractivity contribution in [1.82, 2.24) is 0 Å². The van der Waals surface area contributed by atoms with Gasteiger partial charge in [-0.3, -0.25) is 0 Å². The van der Waals surface area contributed by atoms with E-state index in [0.717, 1.165) is 42.1 Å². The summed E-state index contributed by atoms with van der Waals surface area (Å²) in [4.78, 5) is 0. The number of aromatic hydroxyl groups is 1. The zero-order chi connectivity index (χ0) is 20.9. The van der Waals surface area contributed by atoms with E-state index in [2.05, 4.69) is 41.5 Å². The number of benzene rings is 1. The fourth-order valence-corrected chi connectivity index (χ4v) is 4.60. The number of unbranched alkanes of at least 4 members (excludes halogenated alkanes) is 1. The van der Waals surface area contributed by atoms with E-state index in [4.69, 9.17) is 4.74 Å². The van der Waals surface area contributed by atoms with Crippen LogP contribution in [-0.2, 0) is 6.42 Å². The Balaban J connectivity index is 1.78. The first-order valence-corrected chi connectivity index (χ1v) is 11.5. The molecule has 0 amide bonds. The van der Waals surface area contributed by atoms with Crippen LogP contribution in [0, 0.1) is 23.7 Å². The molecule has 160 valence electrons. The minimum Gasteiger partial charge on any atom is -0.508 e. The summed E-state index contributed by atoms with van der Waals surface area (Å²) in [5.41, 5.74) is 3.01. The molecule has 1 heterocycles. The van der Waals surface area contributed by atoms with Crippen LogP contribution in [-0.4, -0.2) is 11.2 Å². The zero-order valence-electron chi connectivity index (χ0n) is 19.5. The van der Waals surface area contributed by atoms with E-state index in [1.165, 1.54) is 38.5 Å². The molecule has 1 aromatic rings. The van der Waals surface area contributed by atoms with Crippen molar-refractivity contribution in [3.05, 3.63) is 23.3 Å². The lowest BCUT2D eigenvalue weighted by Gasteiger charge is -2.34. The molecule has 1 aliphatic heterocycles. The molecule has 0 saturated heterocycles. The Kier molecular flexibility index (Phi) is 7.88. The van der Waals surface area contributed by atoms with Gasteiger partial charge in [0.05, 0.1) is 6.10 Å². The first-order chi connectivity index (χ1) is 13.0. The van der Waals surface area contributed by atoms with Crippen LogP contribution in [0.25, 0.3) is 0 Å². The number of phenols is 1. The first kappa shape index (κ1) is 23.1. The summed E-state index contributed by atoms with van der Waals surface area (Å²) in [6.07, 6.45) is 11.4. The van der Waals surface area contributed by atoms with Crippen LogP contribution in [0.5, 0.6) is 11.5 Å². The normalized spacial score (nSPS) is 17.5. The van der Waals surface area contributed by atoms with Crippen molar-refractivity contribution < 1.29 is 9.84 Å². The maximum atomic E-state index is 9.80. The number of hydrogen-bond acceptors (Lipinski definition) is 2. The highest BCUT2D eigenvalue weighted by Crippen LogP contribution is 2.39. The van der Waals surface area contributed by atoms with E-state index in [-0.39, 0.29) is 0 Å². The summed E-state index contributed by atoms with van der Waals surface area (Å²) in [6, 6.07) is 3.68. The average molecular weight is 389 g/mol. The van der Waals surface area contributed by atoms with Gasteiger partial charge in [0.15, 0.2) is 0 Å². The number of hydrogen-bond donors (Lipinski definition) is 1. The molecule has 1 atom stereocenters. The highest BCUT2D eigenvalue weighted by Gasteiger charge is 2.29. The molecule has 0 spiro atoms. The Labute approximate surface area is 174 Å². The number of fused-ring (bicyclic) bond motifs is 1. The predicted octanol–water partition coefficient (Wildman–Crippen LogP) is 7.83. The van der Waals surface area contributed by atoms with Crippen molar-refractivity contribution in [2.24, 2.45) is 16.7 Å². The van der Waals surface area contributed by atoms with Crippen molar-refractivity contribution in [3.63, 3.8) is 0 Å². The summed E-state index contributed by atoms with van der Waals surface area (Å²) < 4.78 is 6.36. The Morgan fingerprint density at radius 2 is 1.68 bits per heavy atom. The van der Waals surface area contributed by atoms with Gasteiger partial charge in [-0.25, -0.2) is 0 Å². The molecule has 1 unspecified atom stereocenters. The summed E-state index contributed by atoms with van der Waals surface area (Å²) in [5.74, 6) is 2.18. The second-order valence-electron chi connectivity index (χ2n) is 11.2. The lowest BCUT2D eigenvalue weighted by atomic mass is 9.77. The predicted molar refractivity (Wildman–Crippen MR) is 120 cm³/mol. The summed E-state index contributed by atoms with van der Waals surface area (Å²) >= 11 is 0. The summed E-state index contributed by atoms with van der Waals surface area (Å²) in [7, 11) is 0. The number of ether oxygens (including phenoxy) is 1. The highest BCUT2D eigenvalue weighted by molar-refractivity contribution is 5.47. The molecule has 0 aliphatic carbocycles. The molecule has 2 nitrogen and oxygen atoms in total. The number of phenolic OH excluding ortho intramolecular Hbond substituents is 1. The van der Waals surface area contributed by atoms with Gasteiger partial charge in [-0.15, -0.1) is 0 Å². The quantitative estimate of drug-likeness (QED) is 0.414. The molecular weight excluding hydrogens is 344 g/mol. The smallest absolute Gasteiger partial charge is 0.126 e. The third-order valence-electron chi connectivity index (χ3n) is 6.49. The lowest BCUT2D eigenvalue weighted by molar-refractivity contribution is 0.108. The molecule has 1 aromatic carbocycles. The van der Waals surface area contributed by atoms with Crippen molar-refractivity contribution in [2.75, 3.05) is 0 Å². The topological polar surface area (TPSA) is 29.5 Å². The molecule has 0 fully saturated rings. The van der Waals surface area contributed by atoms with Crippen LogP contribution in [0.4, 0.5) is 0 Å². The SMILES string of the molecule is Cc1cc(O)cc2c1OC(CC(C)(C)CCCCC(C)(C)CCC(C)C)CC2. The molecule has 1 N–H and O–H groups in total. The Morgan fingerprint density at radius 3 is 2.32 bits per heavy atom. The number of aryl methyl sites for hydroxylation is 2. The van der Waals surface area contributed by atoms with E-state index in [1.54, 1.807) is 0 Å². The molecule has 2 heteroatoms. The van der Waals surface area contributed by atoms with Crippen molar-refractivity contribution in [3.8, 4) is 11.5 Å². The second-order valence-corrected chi connectivity index (χ2v) is 11.2. The van der Waals surface area contributed by atoms with Crippen molar-refractivity contribution in [1.29, 1.82) is 0 Å². The van der Waals surface area contributed by atoms with Crippen LogP contribution in [0.15, 0.2) is 12.1 Å². The van der Waals surface area contributed by atoms with Crippen LogP contribution in [0.3, 0.4) is 0 Å². The fraction of sp³-hybridized carbons (Fsp3) is 0.769. The second kappa shape index (κ2) is 9.55. The molecule has 0 bridgehead atoms. The lowest BCUT2D eigenvalue weighted by Crippen LogP contribution is -2.29. The van der Waals surface area contributed by atoms with E-state index < -0.39 is 0 Å². The fourth-order valence-electron chi connectivity index (χ4n) is 4.60. The Bertz CT molecular complexity index is 628. The Morgan fingerprint density at radius 1 is 1.04 bits per heavy atom. The van der Waals surface area contributed by atoms with E-state index in [1.807, 2.05) is 19.1 Å². The standard InChI is InChI=1S/C26H44O2/c1-19(2)12-15-25(4,5)13-8-9-14-26(6,7)18-23-11-10-21-17-22(27)16-20(3)24(21)28-23/h16-17,19,23,27H,8-15,18H2,1-7H3. The molecule has 2 rings (SSSR count). The molecule has 0 aromatic heterocycles. The van der Waals surface area contributed by atoms with Gasteiger partial charge < -0.3 is 9.84 Å². The minimum atomic E-state index is 0.299. The van der Waals surface area contributed by atoms with Gasteiger partial charge >= 0.3 is 0 Å². The zero-order valence-corrected chi connectivity index (χ0v) is 19.5. The van der Waals surface area contributed by atoms with Gasteiger partial charge in [0.25, 0.3) is 0 Å². The first-order valence-electron chi connectivity index (χ1n) is 11.5. The van der Waals surface area contributed by atoms with Gasteiger partial charge in [-0.05, 0) is 85.5 Å². The van der Waals surface area contributed by atoms with Crippen LogP contribution >= 0.6 is 0 Å². The summed E-state index contributed by atoms with van der Waals surface area (Å²) in [6.45, 7) is 16.4. The van der Waals surface area contributed by atoms with Gasteiger partial charge in [0.2, 0.25) is 0 Å². The summed E-state index contributed by atoms with van der Waals surface area (Å²) in [5, 5.41) is 9.80. The molecule has 0 saturated carbocycles. The van der Waals surface area contributed by atoms with Crippen molar-refractivity contribution >= 4 is 0 Å². The monoisotopic (exact) mass is 388 g/mol. The highest BCUT2D eigenvalue weighted by atomic mass is 16.5. The Hall–Kier alpha value is -1.18. The molecule has 0 radical (unpaired) electrons. The molecule has 1 aliphatic rings. The van der Waals surface area contributed by atoms with E-state index in [0.29, 0.717) is 22.7 Å². The third-order valence-corrected chi connectivity index (χ3v) is 6.49. The largest absolute Gasteiger partial charge is 0.508 e. The maximum Gasteiger partial charge on any atom is 0.126 e. The van der Waals surface area contributed by atoms with Gasteiger partial charge in [-0.1, -0.05) is 60.8 Å². The third kappa shape index (κ3) is 7.33.